The van der Waals surface area contributed by atoms with Crippen LogP contribution in [0.5, 0.6) is 11.5 Å². The number of anilines is 1. The Morgan fingerprint density at radius 1 is 1.08 bits per heavy atom. The molecule has 0 saturated carbocycles. The molecule has 3 heterocycles. The molecule has 180 valence electrons. The number of hydrogen-bond donors (Lipinski definition) is 1. The Morgan fingerprint density at radius 3 is 2.69 bits per heavy atom. The van der Waals surface area contributed by atoms with Crippen LogP contribution in [-0.2, 0) is 9.59 Å². The van der Waals surface area contributed by atoms with Crippen molar-refractivity contribution in [2.45, 2.75) is 24.6 Å². The van der Waals surface area contributed by atoms with Gasteiger partial charge in [-0.1, -0.05) is 61.2 Å². The Balaban J connectivity index is 1.29. The van der Waals surface area contributed by atoms with E-state index in [4.69, 9.17) is 19.5 Å². The number of hydrogen-bond acceptors (Lipinski definition) is 7. The SMILES string of the molecule is CCC(SC1=Nc2ccccc2C2=NC(c3ccccc3)C(=O)N12)C(=O)Nc1ccc2c(c1)OCO2. The first-order valence-electron chi connectivity index (χ1n) is 11.6. The van der Waals surface area contributed by atoms with Crippen LogP contribution in [0, 0.1) is 0 Å². The van der Waals surface area contributed by atoms with Crippen molar-refractivity contribution in [3.8, 4) is 11.5 Å². The van der Waals surface area contributed by atoms with Gasteiger partial charge in [0.25, 0.3) is 5.91 Å². The number of thioether (sulfide) groups is 1. The van der Waals surface area contributed by atoms with Crippen molar-refractivity contribution in [3.05, 3.63) is 83.9 Å². The first kappa shape index (κ1) is 22.4. The molecule has 0 aromatic heterocycles. The molecule has 0 fully saturated rings. The Morgan fingerprint density at radius 2 is 1.86 bits per heavy atom. The number of amidine groups is 2. The third-order valence-electron chi connectivity index (χ3n) is 6.14. The lowest BCUT2D eigenvalue weighted by atomic mass is 10.1. The molecule has 2 atom stereocenters. The molecule has 3 aromatic carbocycles. The van der Waals surface area contributed by atoms with E-state index in [9.17, 15) is 9.59 Å². The van der Waals surface area contributed by atoms with Crippen LogP contribution in [0.15, 0.2) is 82.8 Å². The van der Waals surface area contributed by atoms with Crippen LogP contribution < -0.4 is 14.8 Å². The zero-order valence-corrected chi connectivity index (χ0v) is 20.2. The average Bonchev–Trinajstić information content (AvgIpc) is 3.52. The minimum Gasteiger partial charge on any atom is -0.454 e. The van der Waals surface area contributed by atoms with E-state index in [0.717, 1.165) is 16.8 Å². The van der Waals surface area contributed by atoms with E-state index in [2.05, 4.69) is 5.32 Å². The maximum Gasteiger partial charge on any atom is 0.263 e. The molecule has 0 saturated heterocycles. The van der Waals surface area contributed by atoms with Crippen molar-refractivity contribution < 1.29 is 19.1 Å². The molecule has 9 heteroatoms. The summed E-state index contributed by atoms with van der Waals surface area (Å²) in [5.41, 5.74) is 2.95. The zero-order chi connectivity index (χ0) is 24.6. The highest BCUT2D eigenvalue weighted by atomic mass is 32.2. The predicted octanol–water partition coefficient (Wildman–Crippen LogP) is 4.90. The van der Waals surface area contributed by atoms with Crippen LogP contribution in [0.1, 0.15) is 30.5 Å². The summed E-state index contributed by atoms with van der Waals surface area (Å²) in [6.07, 6.45) is 0.540. The molecule has 0 spiro atoms. The Hall–Kier alpha value is -4.11. The molecule has 36 heavy (non-hydrogen) atoms. The first-order valence-corrected chi connectivity index (χ1v) is 12.5. The number of aliphatic imine (C=N–C) groups is 2. The zero-order valence-electron chi connectivity index (χ0n) is 19.4. The fourth-order valence-corrected chi connectivity index (χ4v) is 5.35. The molecule has 3 aromatic rings. The van der Waals surface area contributed by atoms with Crippen LogP contribution in [0.2, 0.25) is 0 Å². The number of nitrogens with one attached hydrogen (secondary N) is 1. The fraction of sp³-hybridized carbons (Fsp3) is 0.185. The summed E-state index contributed by atoms with van der Waals surface area (Å²) in [6, 6.07) is 21.7. The molecule has 8 nitrogen and oxygen atoms in total. The van der Waals surface area contributed by atoms with Crippen LogP contribution >= 0.6 is 11.8 Å². The lowest BCUT2D eigenvalue weighted by Crippen LogP contribution is -2.41. The third kappa shape index (κ3) is 3.91. The van der Waals surface area contributed by atoms with Crippen LogP contribution in [0.3, 0.4) is 0 Å². The molecule has 2 amide bonds. The van der Waals surface area contributed by atoms with Crippen molar-refractivity contribution >= 4 is 46.0 Å². The van der Waals surface area contributed by atoms with Crippen molar-refractivity contribution in [1.82, 2.24) is 4.90 Å². The van der Waals surface area contributed by atoms with Gasteiger partial charge in [-0.3, -0.25) is 9.59 Å². The molecule has 3 aliphatic heterocycles. The molecular formula is C27H22N4O4S. The number of ether oxygens (including phenoxy) is 2. The summed E-state index contributed by atoms with van der Waals surface area (Å²) in [7, 11) is 0. The van der Waals surface area contributed by atoms with Gasteiger partial charge < -0.3 is 14.8 Å². The highest BCUT2D eigenvalue weighted by molar-refractivity contribution is 8.15. The number of para-hydroxylation sites is 1. The lowest BCUT2D eigenvalue weighted by molar-refractivity contribution is -0.124. The quantitative estimate of drug-likeness (QED) is 0.540. The summed E-state index contributed by atoms with van der Waals surface area (Å²) in [6.45, 7) is 2.10. The summed E-state index contributed by atoms with van der Waals surface area (Å²) < 4.78 is 10.8. The largest absolute Gasteiger partial charge is 0.454 e. The lowest BCUT2D eigenvalue weighted by Gasteiger charge is -2.27. The van der Waals surface area contributed by atoms with Crippen LogP contribution in [0.25, 0.3) is 0 Å². The van der Waals surface area contributed by atoms with Gasteiger partial charge in [-0.2, -0.15) is 0 Å². The highest BCUT2D eigenvalue weighted by Gasteiger charge is 2.43. The van der Waals surface area contributed by atoms with Crippen molar-refractivity contribution in [2.24, 2.45) is 9.98 Å². The number of rotatable bonds is 5. The average molecular weight is 499 g/mol. The molecule has 3 aliphatic rings. The van der Waals surface area contributed by atoms with Gasteiger partial charge in [-0.05, 0) is 36.2 Å². The van der Waals surface area contributed by atoms with Gasteiger partial charge in [0.05, 0.1) is 10.9 Å². The first-order chi connectivity index (χ1) is 17.6. The van der Waals surface area contributed by atoms with E-state index in [1.165, 1.54) is 11.8 Å². The van der Waals surface area contributed by atoms with Gasteiger partial charge in [0.1, 0.15) is 5.84 Å². The second kappa shape index (κ2) is 9.16. The topological polar surface area (TPSA) is 92.6 Å². The summed E-state index contributed by atoms with van der Waals surface area (Å²) >= 11 is 1.27. The van der Waals surface area contributed by atoms with E-state index < -0.39 is 11.3 Å². The van der Waals surface area contributed by atoms with Crippen molar-refractivity contribution in [1.29, 1.82) is 0 Å². The van der Waals surface area contributed by atoms with E-state index in [1.54, 1.807) is 23.1 Å². The summed E-state index contributed by atoms with van der Waals surface area (Å²) in [5, 5.41) is 2.92. The van der Waals surface area contributed by atoms with Gasteiger partial charge in [0.15, 0.2) is 22.7 Å². The summed E-state index contributed by atoms with van der Waals surface area (Å²) in [5.74, 6) is 1.44. The van der Waals surface area contributed by atoms with E-state index in [1.807, 2.05) is 61.5 Å². The van der Waals surface area contributed by atoms with Gasteiger partial charge >= 0.3 is 0 Å². The maximum atomic E-state index is 13.6. The molecular weight excluding hydrogens is 476 g/mol. The smallest absolute Gasteiger partial charge is 0.263 e. The molecule has 6 rings (SSSR count). The highest BCUT2D eigenvalue weighted by Crippen LogP contribution is 2.39. The van der Waals surface area contributed by atoms with Gasteiger partial charge in [-0.15, -0.1) is 0 Å². The molecule has 1 N–H and O–H groups in total. The number of nitrogens with zero attached hydrogens (tertiary/aromatic N) is 3. The second-order valence-electron chi connectivity index (χ2n) is 8.42. The maximum absolute atomic E-state index is 13.6. The number of benzene rings is 3. The monoisotopic (exact) mass is 498 g/mol. The van der Waals surface area contributed by atoms with Crippen molar-refractivity contribution in [2.75, 3.05) is 12.1 Å². The Bertz CT molecular complexity index is 1420. The number of fused-ring (bicyclic) bond motifs is 4. The minimum absolute atomic E-state index is 0.166. The fourth-order valence-electron chi connectivity index (χ4n) is 4.33. The minimum atomic E-state index is -0.652. The van der Waals surface area contributed by atoms with Gasteiger partial charge in [0, 0.05) is 17.3 Å². The standard InChI is InChI=1S/C27H22N4O4S/c1-2-22(25(32)28-17-12-13-20-21(14-17)35-15-34-20)36-27-29-19-11-7-6-10-18(19)24-30-23(26(33)31(24)27)16-8-4-3-5-9-16/h3-14,22-23H,2,15H2,1H3,(H,28,32). The normalized spacial score (nSPS) is 18.2. The Kier molecular flexibility index (Phi) is 5.69. The predicted molar refractivity (Wildman–Crippen MR) is 139 cm³/mol. The van der Waals surface area contributed by atoms with Crippen LogP contribution in [0.4, 0.5) is 11.4 Å². The van der Waals surface area contributed by atoms with E-state index in [-0.39, 0.29) is 18.6 Å². The molecule has 0 radical (unpaired) electrons. The van der Waals surface area contributed by atoms with Crippen LogP contribution in [-0.4, -0.2) is 39.8 Å². The van der Waals surface area contributed by atoms with Gasteiger partial charge in [0.2, 0.25) is 12.7 Å². The summed E-state index contributed by atoms with van der Waals surface area (Å²) in [4.78, 5) is 38.0. The Labute approximate surface area is 212 Å². The second-order valence-corrected chi connectivity index (χ2v) is 9.59. The van der Waals surface area contributed by atoms with Crippen molar-refractivity contribution in [3.63, 3.8) is 0 Å². The number of carbonyl (C=O) groups excluding carboxylic acids is 2. The molecule has 2 unspecified atom stereocenters. The third-order valence-corrected chi connectivity index (χ3v) is 7.45. The number of amides is 2. The molecule has 0 aliphatic carbocycles. The van der Waals surface area contributed by atoms with E-state index in [0.29, 0.717) is 34.6 Å². The number of carbonyl (C=O) groups is 2. The molecule has 0 bridgehead atoms. The van der Waals surface area contributed by atoms with E-state index >= 15 is 0 Å². The van der Waals surface area contributed by atoms with Gasteiger partial charge in [-0.25, -0.2) is 14.9 Å².